The first-order valence-electron chi connectivity index (χ1n) is 8.02. The zero-order valence-corrected chi connectivity index (χ0v) is 14.5. The molecule has 1 unspecified atom stereocenters. The Morgan fingerprint density at radius 2 is 1.92 bits per heavy atom. The molecule has 0 spiro atoms. The molecule has 25 heavy (non-hydrogen) atoms. The second-order valence-electron chi connectivity index (χ2n) is 5.59. The number of aliphatic hydroxyl groups excluding tert-OH is 2. The Labute approximate surface area is 146 Å². The van der Waals surface area contributed by atoms with Crippen LogP contribution in [0.5, 0.6) is 5.75 Å². The summed E-state index contributed by atoms with van der Waals surface area (Å²) in [6, 6.07) is 1.60. The number of aliphatic hydroxyl groups is 2. The molecule has 1 aromatic rings. The number of hydrogen-bond donors (Lipinski definition) is 2. The Morgan fingerprint density at radius 3 is 2.48 bits per heavy atom. The van der Waals surface area contributed by atoms with Crippen molar-refractivity contribution < 1.29 is 29.3 Å². The number of allylic oxidation sites excluding steroid dienone is 3. The molecule has 1 aromatic carbocycles. The molecule has 6 nitrogen and oxygen atoms in total. The van der Waals surface area contributed by atoms with Crippen molar-refractivity contribution in [3.63, 3.8) is 0 Å². The summed E-state index contributed by atoms with van der Waals surface area (Å²) < 4.78 is 10.4. The highest BCUT2D eigenvalue weighted by atomic mass is 16.5. The summed E-state index contributed by atoms with van der Waals surface area (Å²) in [5, 5.41) is 19.4. The van der Waals surface area contributed by atoms with E-state index in [0.717, 1.165) is 6.08 Å². The first-order chi connectivity index (χ1) is 12.0. The van der Waals surface area contributed by atoms with E-state index in [-0.39, 0.29) is 29.2 Å². The number of carbonyl (C=O) groups is 2. The highest BCUT2D eigenvalue weighted by molar-refractivity contribution is 6.25. The fourth-order valence-corrected chi connectivity index (χ4v) is 2.93. The summed E-state index contributed by atoms with van der Waals surface area (Å²) in [7, 11) is 2.74. The van der Waals surface area contributed by atoms with E-state index >= 15 is 0 Å². The van der Waals surface area contributed by atoms with Gasteiger partial charge < -0.3 is 19.7 Å². The van der Waals surface area contributed by atoms with Gasteiger partial charge in [0, 0.05) is 17.2 Å². The Balaban J connectivity index is 2.74. The molecule has 0 fully saturated rings. The van der Waals surface area contributed by atoms with Crippen LogP contribution in [0.1, 0.15) is 51.3 Å². The fourth-order valence-electron chi connectivity index (χ4n) is 2.93. The highest BCUT2D eigenvalue weighted by Gasteiger charge is 2.33. The van der Waals surface area contributed by atoms with Crippen LogP contribution >= 0.6 is 0 Å². The minimum atomic E-state index is -0.839. The van der Waals surface area contributed by atoms with E-state index in [2.05, 4.69) is 0 Å². The van der Waals surface area contributed by atoms with Gasteiger partial charge in [-0.15, -0.1) is 0 Å². The van der Waals surface area contributed by atoms with E-state index in [1.165, 1.54) is 14.2 Å². The van der Waals surface area contributed by atoms with Gasteiger partial charge in [0.25, 0.3) is 0 Å². The maximum Gasteiger partial charge on any atom is 0.228 e. The van der Waals surface area contributed by atoms with Crippen LogP contribution in [0.3, 0.4) is 0 Å². The van der Waals surface area contributed by atoms with E-state index in [1.54, 1.807) is 18.2 Å². The van der Waals surface area contributed by atoms with Gasteiger partial charge in [0.05, 0.1) is 32.5 Å². The molecule has 0 aromatic heterocycles. The molecule has 2 rings (SSSR count). The topological polar surface area (TPSA) is 93.1 Å². The Hall–Kier alpha value is -2.44. The first kappa shape index (κ1) is 18.9. The molecule has 0 radical (unpaired) electrons. The predicted octanol–water partition coefficient (Wildman–Crippen LogP) is 2.14. The number of hydrogen-bond acceptors (Lipinski definition) is 6. The van der Waals surface area contributed by atoms with Crippen LogP contribution in [0.25, 0.3) is 0 Å². The lowest BCUT2D eigenvalue weighted by atomic mass is 9.85. The van der Waals surface area contributed by atoms with Crippen LogP contribution in [0.4, 0.5) is 0 Å². The Kier molecular flexibility index (Phi) is 6.12. The van der Waals surface area contributed by atoms with Crippen molar-refractivity contribution >= 4 is 11.6 Å². The van der Waals surface area contributed by atoms with Gasteiger partial charge in [0.1, 0.15) is 5.75 Å². The molecule has 0 saturated heterocycles. The standard InChI is InChI=1S/C19H22O6/c1-4-13(21)16-11(7-5-6-8-20)9-12-17(19(16)25-3)14(22)10-15(24-2)18(12)23/h5-6,9-10,13,20-21H,4,7-8H2,1-3H3/b6-5+. The number of fused-ring (bicyclic) bond motifs is 1. The van der Waals surface area contributed by atoms with Crippen LogP contribution in [0.15, 0.2) is 30.1 Å². The molecule has 1 aliphatic carbocycles. The van der Waals surface area contributed by atoms with Gasteiger partial charge in [-0.25, -0.2) is 0 Å². The van der Waals surface area contributed by atoms with Gasteiger partial charge in [-0.05, 0) is 24.5 Å². The van der Waals surface area contributed by atoms with Crippen molar-refractivity contribution in [2.75, 3.05) is 20.8 Å². The quantitative estimate of drug-likeness (QED) is 0.735. The van der Waals surface area contributed by atoms with Gasteiger partial charge in [0.15, 0.2) is 11.5 Å². The molecule has 1 atom stereocenters. The smallest absolute Gasteiger partial charge is 0.228 e. The average Bonchev–Trinajstić information content (AvgIpc) is 2.62. The maximum atomic E-state index is 12.6. The molecule has 0 heterocycles. The first-order valence-corrected chi connectivity index (χ1v) is 8.02. The number of rotatable bonds is 7. The number of Topliss-reactive ketones (excluding diaryl/α,β-unsaturated/α-hetero) is 1. The molecular formula is C19H22O6. The number of benzene rings is 1. The molecule has 0 bridgehead atoms. The molecule has 0 amide bonds. The summed E-state index contributed by atoms with van der Waals surface area (Å²) >= 11 is 0. The van der Waals surface area contributed by atoms with E-state index in [4.69, 9.17) is 14.6 Å². The molecule has 0 aliphatic heterocycles. The summed E-state index contributed by atoms with van der Waals surface area (Å²) in [6.45, 7) is 1.70. The second kappa shape index (κ2) is 8.09. The Morgan fingerprint density at radius 1 is 1.20 bits per heavy atom. The third-order valence-corrected chi connectivity index (χ3v) is 4.14. The molecule has 1 aliphatic rings. The summed E-state index contributed by atoms with van der Waals surface area (Å²) in [5.41, 5.74) is 1.49. The maximum absolute atomic E-state index is 12.6. The predicted molar refractivity (Wildman–Crippen MR) is 91.9 cm³/mol. The fraction of sp³-hybridized carbons (Fsp3) is 0.368. The zero-order chi connectivity index (χ0) is 18.6. The highest BCUT2D eigenvalue weighted by Crippen LogP contribution is 2.39. The monoisotopic (exact) mass is 346 g/mol. The van der Waals surface area contributed by atoms with Crippen LogP contribution in [-0.4, -0.2) is 42.6 Å². The SMILES string of the molecule is CCC(O)c1c(C/C=C/CO)cc2c(c1OC)C(=O)C=C(OC)C2=O. The van der Waals surface area contributed by atoms with E-state index in [9.17, 15) is 14.7 Å². The lowest BCUT2D eigenvalue weighted by molar-refractivity contribution is 0.0913. The average molecular weight is 346 g/mol. The van der Waals surface area contributed by atoms with Crippen LogP contribution < -0.4 is 4.74 Å². The number of carbonyl (C=O) groups excluding carboxylic acids is 2. The van der Waals surface area contributed by atoms with Crippen LogP contribution in [-0.2, 0) is 11.2 Å². The minimum Gasteiger partial charge on any atom is -0.496 e. The third kappa shape index (κ3) is 3.50. The third-order valence-electron chi connectivity index (χ3n) is 4.14. The van der Waals surface area contributed by atoms with Gasteiger partial charge in [-0.1, -0.05) is 19.1 Å². The minimum absolute atomic E-state index is 0.0276. The summed E-state index contributed by atoms with van der Waals surface area (Å²) in [4.78, 5) is 25.1. The summed E-state index contributed by atoms with van der Waals surface area (Å²) in [6.07, 6.45) is 4.41. The van der Waals surface area contributed by atoms with Gasteiger partial charge >= 0.3 is 0 Å². The number of methoxy groups -OCH3 is 2. The van der Waals surface area contributed by atoms with Crippen molar-refractivity contribution in [1.82, 2.24) is 0 Å². The van der Waals surface area contributed by atoms with Gasteiger partial charge in [-0.2, -0.15) is 0 Å². The Bertz CT molecular complexity index is 745. The van der Waals surface area contributed by atoms with Crippen molar-refractivity contribution in [2.45, 2.75) is 25.9 Å². The zero-order valence-electron chi connectivity index (χ0n) is 14.5. The summed E-state index contributed by atoms with van der Waals surface area (Å²) in [5.74, 6) is -0.616. The van der Waals surface area contributed by atoms with Crippen LogP contribution in [0, 0.1) is 0 Å². The van der Waals surface area contributed by atoms with Gasteiger partial charge in [0.2, 0.25) is 5.78 Å². The van der Waals surface area contributed by atoms with Crippen molar-refractivity contribution in [2.24, 2.45) is 0 Å². The van der Waals surface area contributed by atoms with Crippen molar-refractivity contribution in [3.05, 3.63) is 52.3 Å². The van der Waals surface area contributed by atoms with E-state index in [1.807, 2.05) is 6.92 Å². The molecular weight excluding hydrogens is 324 g/mol. The molecule has 0 saturated carbocycles. The second-order valence-corrected chi connectivity index (χ2v) is 5.59. The molecule has 2 N–H and O–H groups in total. The largest absolute Gasteiger partial charge is 0.496 e. The van der Waals surface area contributed by atoms with Crippen molar-refractivity contribution in [1.29, 1.82) is 0 Å². The van der Waals surface area contributed by atoms with E-state index in [0.29, 0.717) is 24.0 Å². The number of ketones is 2. The lowest BCUT2D eigenvalue weighted by Crippen LogP contribution is -2.21. The van der Waals surface area contributed by atoms with E-state index < -0.39 is 17.7 Å². The van der Waals surface area contributed by atoms with Gasteiger partial charge in [-0.3, -0.25) is 9.59 Å². The van der Waals surface area contributed by atoms with Crippen LogP contribution in [0.2, 0.25) is 0 Å². The lowest BCUT2D eigenvalue weighted by Gasteiger charge is -2.24. The van der Waals surface area contributed by atoms with Crippen molar-refractivity contribution in [3.8, 4) is 5.75 Å². The molecule has 134 valence electrons. The normalized spacial score (nSPS) is 15.2. The molecule has 6 heteroatoms. The number of ether oxygens (including phenoxy) is 2.